The Kier molecular flexibility index (Phi) is 5.85. The van der Waals surface area contributed by atoms with Gasteiger partial charge in [-0.1, -0.05) is 41.1 Å². The van der Waals surface area contributed by atoms with E-state index in [-0.39, 0.29) is 12.7 Å². The van der Waals surface area contributed by atoms with Crippen LogP contribution in [0.1, 0.15) is 22.2 Å². The minimum Gasteiger partial charge on any atom is -0.497 e. The Morgan fingerprint density at radius 1 is 1.06 bits per heavy atom. The molecule has 0 fully saturated rings. The van der Waals surface area contributed by atoms with Gasteiger partial charge in [0, 0.05) is 15.8 Å². The summed E-state index contributed by atoms with van der Waals surface area (Å²) in [5, 5.41) is 12.0. The maximum absolute atomic E-state index is 6.58. The van der Waals surface area contributed by atoms with Gasteiger partial charge in [-0.3, -0.25) is 0 Å². The maximum atomic E-state index is 6.58. The third-order valence-corrected chi connectivity index (χ3v) is 6.28. The molecule has 5 rings (SSSR count). The van der Waals surface area contributed by atoms with Crippen LogP contribution < -0.4 is 4.74 Å². The van der Waals surface area contributed by atoms with Gasteiger partial charge in [0.1, 0.15) is 22.7 Å². The van der Waals surface area contributed by atoms with Crippen LogP contribution in [-0.2, 0) is 11.3 Å². The van der Waals surface area contributed by atoms with E-state index in [1.54, 1.807) is 23.1 Å². The molecule has 6 nitrogen and oxygen atoms in total. The molecule has 0 saturated carbocycles. The molecule has 5 aromatic rings. The van der Waals surface area contributed by atoms with Crippen molar-refractivity contribution in [2.24, 2.45) is 0 Å². The number of aromatic nitrogens is 4. The lowest BCUT2D eigenvalue weighted by atomic mass is 10.1. The topological polar surface area (TPSA) is 62.1 Å². The van der Waals surface area contributed by atoms with Crippen molar-refractivity contribution in [3.05, 3.63) is 99.6 Å². The van der Waals surface area contributed by atoms with Crippen LogP contribution in [0.4, 0.5) is 0 Å². The zero-order valence-corrected chi connectivity index (χ0v) is 18.8. The second kappa shape index (κ2) is 9.08. The molecule has 0 amide bonds. The average molecular weight is 463 g/mol. The molecule has 160 valence electrons. The molecule has 3 aromatic heterocycles. The first-order chi connectivity index (χ1) is 15.7. The number of benzene rings is 2. The van der Waals surface area contributed by atoms with Gasteiger partial charge in [-0.25, -0.2) is 9.67 Å². The van der Waals surface area contributed by atoms with Crippen molar-refractivity contribution in [1.29, 1.82) is 0 Å². The lowest BCUT2D eigenvalue weighted by molar-refractivity contribution is 0.0667. The molecule has 0 spiro atoms. The van der Waals surface area contributed by atoms with Crippen LogP contribution in [0, 0.1) is 0 Å². The monoisotopic (exact) mass is 462 g/mol. The number of nitrogens with zero attached hydrogens (tertiary/aromatic N) is 4. The molecule has 1 unspecified atom stereocenters. The highest BCUT2D eigenvalue weighted by molar-refractivity contribution is 7.10. The lowest BCUT2D eigenvalue weighted by Crippen LogP contribution is -2.07. The van der Waals surface area contributed by atoms with E-state index in [2.05, 4.69) is 15.3 Å². The minimum atomic E-state index is -0.356. The van der Waals surface area contributed by atoms with Gasteiger partial charge in [-0.05, 0) is 47.8 Å². The summed E-state index contributed by atoms with van der Waals surface area (Å²) in [4.78, 5) is 5.61. The van der Waals surface area contributed by atoms with Crippen molar-refractivity contribution in [2.75, 3.05) is 7.11 Å². The maximum Gasteiger partial charge on any atom is 0.135 e. The van der Waals surface area contributed by atoms with E-state index in [1.807, 2.05) is 78.3 Å². The summed E-state index contributed by atoms with van der Waals surface area (Å²) < 4.78 is 13.2. The van der Waals surface area contributed by atoms with Gasteiger partial charge in [0.15, 0.2) is 0 Å². The van der Waals surface area contributed by atoms with Crippen LogP contribution in [0.15, 0.2) is 78.3 Å². The molecule has 2 aromatic carbocycles. The molecular formula is C24H19ClN4O2S. The molecule has 1 atom stereocenters. The minimum absolute atomic E-state index is 0.280. The fraction of sp³-hybridized carbons (Fsp3) is 0.125. The van der Waals surface area contributed by atoms with Gasteiger partial charge < -0.3 is 9.47 Å². The SMILES string of the molecule is COc1ccc(-n2cc(COC(c3cccs3)c3cc4ccccc4nc3Cl)nn2)cc1. The largest absolute Gasteiger partial charge is 0.497 e. The number of ether oxygens (including phenoxy) is 2. The molecule has 8 heteroatoms. The normalized spacial score (nSPS) is 12.2. The number of thiophene rings is 1. The number of halogens is 1. The number of hydrogen-bond donors (Lipinski definition) is 0. The third kappa shape index (κ3) is 4.23. The Bertz CT molecular complexity index is 1340. The van der Waals surface area contributed by atoms with Gasteiger partial charge in [-0.2, -0.15) is 0 Å². The van der Waals surface area contributed by atoms with Crippen LogP contribution >= 0.6 is 22.9 Å². The van der Waals surface area contributed by atoms with Gasteiger partial charge in [0.25, 0.3) is 0 Å². The van der Waals surface area contributed by atoms with Crippen LogP contribution in [0.3, 0.4) is 0 Å². The van der Waals surface area contributed by atoms with E-state index in [9.17, 15) is 0 Å². The number of methoxy groups -OCH3 is 1. The van der Waals surface area contributed by atoms with Gasteiger partial charge >= 0.3 is 0 Å². The number of hydrogen-bond acceptors (Lipinski definition) is 6. The van der Waals surface area contributed by atoms with Crippen molar-refractivity contribution in [3.63, 3.8) is 0 Å². The Morgan fingerprint density at radius 2 is 1.91 bits per heavy atom. The smallest absolute Gasteiger partial charge is 0.135 e. The molecule has 0 aliphatic rings. The van der Waals surface area contributed by atoms with E-state index in [1.165, 1.54) is 0 Å². The standard InChI is InChI=1S/C24H19ClN4O2S/c1-30-19-10-8-18(9-11-19)29-14-17(27-28-29)15-31-23(22-7-4-12-32-22)20-13-16-5-2-3-6-21(16)26-24(20)25/h2-14,23H,15H2,1H3. The highest BCUT2D eigenvalue weighted by atomic mass is 35.5. The van der Waals surface area contributed by atoms with E-state index in [0.29, 0.717) is 10.8 Å². The Balaban J connectivity index is 1.40. The average Bonchev–Trinajstić information content (AvgIpc) is 3.52. The molecule has 0 saturated heterocycles. The van der Waals surface area contributed by atoms with E-state index < -0.39 is 0 Å². The third-order valence-electron chi connectivity index (χ3n) is 5.06. The fourth-order valence-electron chi connectivity index (χ4n) is 3.45. The first-order valence-electron chi connectivity index (χ1n) is 9.97. The Labute approximate surface area is 194 Å². The second-order valence-electron chi connectivity index (χ2n) is 7.12. The van der Waals surface area contributed by atoms with Crippen LogP contribution in [0.2, 0.25) is 5.15 Å². The first kappa shape index (κ1) is 20.6. The zero-order chi connectivity index (χ0) is 21.9. The van der Waals surface area contributed by atoms with Crippen molar-refractivity contribution in [3.8, 4) is 11.4 Å². The van der Waals surface area contributed by atoms with Crippen molar-refractivity contribution >= 4 is 33.8 Å². The first-order valence-corrected chi connectivity index (χ1v) is 11.2. The number of pyridine rings is 1. The number of rotatable bonds is 7. The van der Waals surface area contributed by atoms with E-state index in [4.69, 9.17) is 21.1 Å². The summed E-state index contributed by atoms with van der Waals surface area (Å²) in [7, 11) is 1.64. The molecule has 0 radical (unpaired) electrons. The quantitative estimate of drug-likeness (QED) is 0.284. The molecule has 0 N–H and O–H groups in total. The number of fused-ring (bicyclic) bond motifs is 1. The zero-order valence-electron chi connectivity index (χ0n) is 17.2. The predicted octanol–water partition coefficient (Wildman–Crippen LogP) is 5.85. The summed E-state index contributed by atoms with van der Waals surface area (Å²) in [5.41, 5.74) is 3.29. The summed E-state index contributed by atoms with van der Waals surface area (Å²) >= 11 is 8.19. The highest BCUT2D eigenvalue weighted by Gasteiger charge is 2.21. The molecule has 0 bridgehead atoms. The molecule has 0 aliphatic heterocycles. The molecule has 3 heterocycles. The van der Waals surface area contributed by atoms with E-state index in [0.717, 1.165) is 32.8 Å². The molecule has 32 heavy (non-hydrogen) atoms. The van der Waals surface area contributed by atoms with Gasteiger partial charge in [0.2, 0.25) is 0 Å². The lowest BCUT2D eigenvalue weighted by Gasteiger charge is -2.18. The van der Waals surface area contributed by atoms with Gasteiger partial charge in [0.05, 0.1) is 31.1 Å². The van der Waals surface area contributed by atoms with Crippen molar-refractivity contribution in [1.82, 2.24) is 20.0 Å². The molecule has 0 aliphatic carbocycles. The fourth-order valence-corrected chi connectivity index (χ4v) is 4.49. The summed E-state index contributed by atoms with van der Waals surface area (Å²) in [6, 6.07) is 21.6. The van der Waals surface area contributed by atoms with E-state index >= 15 is 0 Å². The Morgan fingerprint density at radius 3 is 2.69 bits per heavy atom. The Hall–Kier alpha value is -3.26. The van der Waals surface area contributed by atoms with Gasteiger partial charge in [-0.15, -0.1) is 16.4 Å². The summed E-state index contributed by atoms with van der Waals surface area (Å²) in [5.74, 6) is 0.789. The highest BCUT2D eigenvalue weighted by Crippen LogP contribution is 2.35. The van der Waals surface area contributed by atoms with Crippen LogP contribution in [0.25, 0.3) is 16.6 Å². The van der Waals surface area contributed by atoms with Crippen LogP contribution in [-0.4, -0.2) is 27.1 Å². The molecular weight excluding hydrogens is 444 g/mol. The number of para-hydroxylation sites is 1. The van der Waals surface area contributed by atoms with Crippen molar-refractivity contribution < 1.29 is 9.47 Å². The van der Waals surface area contributed by atoms with Crippen LogP contribution in [0.5, 0.6) is 5.75 Å². The van der Waals surface area contributed by atoms with Crippen molar-refractivity contribution in [2.45, 2.75) is 12.7 Å². The predicted molar refractivity (Wildman–Crippen MR) is 126 cm³/mol. The second-order valence-corrected chi connectivity index (χ2v) is 8.46. The summed E-state index contributed by atoms with van der Waals surface area (Å²) in [6.45, 7) is 0.280. The summed E-state index contributed by atoms with van der Waals surface area (Å²) in [6.07, 6.45) is 1.50.